The van der Waals surface area contributed by atoms with Crippen LogP contribution < -0.4 is 0 Å². The average Bonchev–Trinajstić information content (AvgIpc) is 2.59. The van der Waals surface area contributed by atoms with E-state index in [0.29, 0.717) is 0 Å². The zero-order valence-electron chi connectivity index (χ0n) is 8.98. The molecule has 1 nitrogen and oxygen atoms in total. The number of benzene rings is 1. The normalized spacial score (nSPS) is 11.3. The van der Waals surface area contributed by atoms with Gasteiger partial charge in [-0.05, 0) is 25.1 Å². The molecule has 1 aromatic heterocycles. The van der Waals surface area contributed by atoms with Gasteiger partial charge in [-0.15, -0.1) is 6.58 Å². The average molecular weight is 197 g/mol. The number of hydrogen-bond acceptors (Lipinski definition) is 0. The predicted octanol–water partition coefficient (Wildman–Crippen LogP) is 3.86. The van der Waals surface area contributed by atoms with Crippen LogP contribution in [0.3, 0.4) is 0 Å². The van der Waals surface area contributed by atoms with E-state index in [1.807, 2.05) is 13.0 Å². The molecule has 0 N–H and O–H groups in total. The summed E-state index contributed by atoms with van der Waals surface area (Å²) in [5.74, 6) is 0. The summed E-state index contributed by atoms with van der Waals surface area (Å²) in [6, 6.07) is 10.6. The predicted molar refractivity (Wildman–Crippen MR) is 66.8 cm³/mol. The molecule has 1 heteroatoms. The summed E-state index contributed by atoms with van der Waals surface area (Å²) < 4.78 is 2.27. The third kappa shape index (κ3) is 1.73. The van der Waals surface area contributed by atoms with Crippen molar-refractivity contribution in [1.82, 2.24) is 4.57 Å². The van der Waals surface area contributed by atoms with Crippen molar-refractivity contribution in [2.75, 3.05) is 0 Å². The van der Waals surface area contributed by atoms with Crippen LogP contribution in [-0.2, 0) is 6.54 Å². The highest BCUT2D eigenvalue weighted by Gasteiger charge is 2.03. The van der Waals surface area contributed by atoms with E-state index in [9.17, 15) is 0 Å². The second-order valence-corrected chi connectivity index (χ2v) is 3.53. The molecule has 2 aromatic rings. The third-order valence-electron chi connectivity index (χ3n) is 2.49. The van der Waals surface area contributed by atoms with Crippen molar-refractivity contribution in [3.63, 3.8) is 0 Å². The van der Waals surface area contributed by atoms with E-state index < -0.39 is 0 Å². The van der Waals surface area contributed by atoms with Crippen molar-refractivity contribution in [2.45, 2.75) is 13.5 Å². The third-order valence-corrected chi connectivity index (χ3v) is 2.49. The van der Waals surface area contributed by atoms with Crippen molar-refractivity contribution >= 4 is 17.0 Å². The van der Waals surface area contributed by atoms with Gasteiger partial charge in [-0.25, -0.2) is 0 Å². The summed E-state index contributed by atoms with van der Waals surface area (Å²) in [6.45, 7) is 6.69. The lowest BCUT2D eigenvalue weighted by atomic mass is 10.2. The SMILES string of the molecule is C=CCn1c(C=CC)cc2ccccc21. The van der Waals surface area contributed by atoms with Crippen molar-refractivity contribution in [3.05, 3.63) is 54.8 Å². The minimum absolute atomic E-state index is 0.854. The fourth-order valence-electron chi connectivity index (χ4n) is 1.87. The number of rotatable bonds is 3. The molecule has 0 aliphatic carbocycles. The van der Waals surface area contributed by atoms with Gasteiger partial charge in [-0.1, -0.05) is 30.4 Å². The minimum Gasteiger partial charge on any atom is -0.337 e. The fraction of sp³-hybridized carbons (Fsp3) is 0.143. The largest absolute Gasteiger partial charge is 0.337 e. The highest BCUT2D eigenvalue weighted by molar-refractivity contribution is 5.83. The molecule has 0 bridgehead atoms. The Morgan fingerprint density at radius 2 is 2.13 bits per heavy atom. The van der Waals surface area contributed by atoms with Crippen molar-refractivity contribution < 1.29 is 0 Å². The van der Waals surface area contributed by atoms with Gasteiger partial charge >= 0.3 is 0 Å². The van der Waals surface area contributed by atoms with E-state index >= 15 is 0 Å². The van der Waals surface area contributed by atoms with Crippen LogP contribution in [0.15, 0.2) is 49.1 Å². The zero-order valence-corrected chi connectivity index (χ0v) is 8.98. The van der Waals surface area contributed by atoms with E-state index in [-0.39, 0.29) is 0 Å². The highest BCUT2D eigenvalue weighted by Crippen LogP contribution is 2.20. The molecule has 76 valence electrons. The Balaban J connectivity index is 2.68. The molecule has 0 aliphatic heterocycles. The Bertz CT molecular complexity index is 503. The van der Waals surface area contributed by atoms with Crippen molar-refractivity contribution in [2.24, 2.45) is 0 Å². The quantitative estimate of drug-likeness (QED) is 0.658. The summed E-state index contributed by atoms with van der Waals surface area (Å²) in [5.41, 5.74) is 2.50. The molecule has 15 heavy (non-hydrogen) atoms. The molecule has 0 spiro atoms. The first kappa shape index (κ1) is 9.78. The van der Waals surface area contributed by atoms with Gasteiger partial charge < -0.3 is 4.57 Å². The Hall–Kier alpha value is -1.76. The Morgan fingerprint density at radius 3 is 2.87 bits per heavy atom. The first-order chi connectivity index (χ1) is 7.36. The number of aromatic nitrogens is 1. The van der Waals surface area contributed by atoms with Crippen LogP contribution in [0, 0.1) is 0 Å². The molecule has 0 amide bonds. The Kier molecular flexibility index (Phi) is 2.72. The van der Waals surface area contributed by atoms with E-state index in [0.717, 1.165) is 6.54 Å². The maximum atomic E-state index is 3.80. The lowest BCUT2D eigenvalue weighted by Crippen LogP contribution is -1.96. The van der Waals surface area contributed by atoms with Crippen molar-refractivity contribution in [3.8, 4) is 0 Å². The second kappa shape index (κ2) is 4.18. The molecule has 0 saturated carbocycles. The van der Waals surface area contributed by atoms with Gasteiger partial charge in [0.2, 0.25) is 0 Å². The van der Waals surface area contributed by atoms with E-state index in [1.165, 1.54) is 16.6 Å². The molecule has 0 saturated heterocycles. The van der Waals surface area contributed by atoms with Gasteiger partial charge in [-0.2, -0.15) is 0 Å². The van der Waals surface area contributed by atoms with Gasteiger partial charge in [-0.3, -0.25) is 0 Å². The Labute approximate surface area is 90.3 Å². The van der Waals surface area contributed by atoms with Crippen LogP contribution in [0.2, 0.25) is 0 Å². The molecule has 0 unspecified atom stereocenters. The van der Waals surface area contributed by atoms with E-state index in [4.69, 9.17) is 0 Å². The summed E-state index contributed by atoms with van der Waals surface area (Å²) in [4.78, 5) is 0. The van der Waals surface area contributed by atoms with Crippen LogP contribution in [0.4, 0.5) is 0 Å². The van der Waals surface area contributed by atoms with E-state index in [1.54, 1.807) is 0 Å². The lowest BCUT2D eigenvalue weighted by molar-refractivity contribution is 0.855. The fourth-order valence-corrected chi connectivity index (χ4v) is 1.87. The van der Waals surface area contributed by atoms with E-state index in [2.05, 4.69) is 53.6 Å². The summed E-state index contributed by atoms with van der Waals surface area (Å²) >= 11 is 0. The maximum absolute atomic E-state index is 3.80. The van der Waals surface area contributed by atoms with Crippen molar-refractivity contribution in [1.29, 1.82) is 0 Å². The second-order valence-electron chi connectivity index (χ2n) is 3.53. The van der Waals surface area contributed by atoms with Crippen LogP contribution in [0.5, 0.6) is 0 Å². The molecule has 1 heterocycles. The Morgan fingerprint density at radius 1 is 1.33 bits per heavy atom. The molecule has 2 rings (SSSR count). The monoisotopic (exact) mass is 197 g/mol. The number of fused-ring (bicyclic) bond motifs is 1. The molecule has 0 atom stereocenters. The number of allylic oxidation sites excluding steroid dienone is 2. The zero-order chi connectivity index (χ0) is 10.7. The van der Waals surface area contributed by atoms with Crippen LogP contribution in [-0.4, -0.2) is 4.57 Å². The first-order valence-corrected chi connectivity index (χ1v) is 5.18. The minimum atomic E-state index is 0.854. The first-order valence-electron chi connectivity index (χ1n) is 5.18. The molecular formula is C14H15N. The van der Waals surface area contributed by atoms with Gasteiger partial charge in [0.05, 0.1) is 0 Å². The van der Waals surface area contributed by atoms with Crippen LogP contribution in [0.25, 0.3) is 17.0 Å². The summed E-state index contributed by atoms with van der Waals surface area (Å²) in [7, 11) is 0. The highest BCUT2D eigenvalue weighted by atomic mass is 15.0. The standard InChI is InChI=1S/C14H15N/c1-3-7-13-11-12-8-5-6-9-14(12)15(13)10-4-2/h3-9,11H,2,10H2,1H3. The summed E-state index contributed by atoms with van der Waals surface area (Å²) in [5, 5.41) is 1.28. The molecular weight excluding hydrogens is 182 g/mol. The lowest BCUT2D eigenvalue weighted by Gasteiger charge is -2.04. The van der Waals surface area contributed by atoms with Gasteiger partial charge in [0.1, 0.15) is 0 Å². The number of nitrogens with zero attached hydrogens (tertiary/aromatic N) is 1. The smallest absolute Gasteiger partial charge is 0.0488 e. The molecule has 0 radical (unpaired) electrons. The maximum Gasteiger partial charge on any atom is 0.0488 e. The number of hydrogen-bond donors (Lipinski definition) is 0. The molecule has 0 aliphatic rings. The van der Waals surface area contributed by atoms with Gasteiger partial charge in [0, 0.05) is 23.1 Å². The topological polar surface area (TPSA) is 4.93 Å². The molecule has 0 fully saturated rings. The summed E-state index contributed by atoms with van der Waals surface area (Å²) in [6.07, 6.45) is 6.12. The van der Waals surface area contributed by atoms with Crippen LogP contribution in [0.1, 0.15) is 12.6 Å². The van der Waals surface area contributed by atoms with Gasteiger partial charge in [0.25, 0.3) is 0 Å². The number of para-hydroxylation sites is 1. The molecule has 1 aromatic carbocycles. The van der Waals surface area contributed by atoms with Gasteiger partial charge in [0.15, 0.2) is 0 Å². The van der Waals surface area contributed by atoms with Crippen LogP contribution >= 0.6 is 0 Å².